The predicted molar refractivity (Wildman–Crippen MR) is 277 cm³/mol. The molecule has 0 aliphatic rings. The molecule has 71 heavy (non-hydrogen) atoms. The molecule has 0 saturated heterocycles. The first-order chi connectivity index (χ1) is 32.8. The first-order valence-electron chi connectivity index (χ1n) is 25.9. The summed E-state index contributed by atoms with van der Waals surface area (Å²) < 4.78 is 4.85. The van der Waals surface area contributed by atoms with Crippen LogP contribution in [-0.4, -0.2) is 143 Å². The van der Waals surface area contributed by atoms with Crippen molar-refractivity contribution >= 4 is 52.9 Å². The first-order valence-corrected chi connectivity index (χ1v) is 25.9. The molecule has 0 heterocycles. The summed E-state index contributed by atoms with van der Waals surface area (Å²) in [5.74, 6) is -8.50. The summed E-state index contributed by atoms with van der Waals surface area (Å²) in [6, 6.07) is -5.69. The standard InChI is InChI=1S/C54H96N6O11/c1-20-22-23-35(13)48(64)39(50(66)57-40(21-2)54(70)71-19)29-45(63)47(34(11)12)60(18)52(68)38(24-30(3)4)28-44(62)42(26-32(7)8)58(16)51(67)37(15)56-49(65)36(14)27-43(61)41(25-31(5)6)59(17)53(69)46(55)33(9)10/h20,22,30-42,46-48,64H,21,23-29,55H2,1-19H3,(H,56,65)(H,57,66)/b22-20+/t35-,36-,37-,38-,39+,40+,41-,42+,46+,47?,48-/m1/s1. The summed E-state index contributed by atoms with van der Waals surface area (Å²) >= 11 is 0. The normalized spacial score (nSPS) is 16.6. The van der Waals surface area contributed by atoms with Gasteiger partial charge in [0.2, 0.25) is 29.5 Å². The monoisotopic (exact) mass is 1000 g/mol. The van der Waals surface area contributed by atoms with Gasteiger partial charge in [0.1, 0.15) is 12.1 Å². The molecule has 0 fully saturated rings. The van der Waals surface area contributed by atoms with Crippen molar-refractivity contribution < 1.29 is 53.0 Å². The van der Waals surface area contributed by atoms with Gasteiger partial charge in [-0.15, -0.1) is 0 Å². The molecular weight excluding hydrogens is 909 g/mol. The van der Waals surface area contributed by atoms with Crippen LogP contribution in [0.3, 0.4) is 0 Å². The van der Waals surface area contributed by atoms with Crippen molar-refractivity contribution in [1.82, 2.24) is 25.3 Å². The lowest BCUT2D eigenvalue weighted by atomic mass is 9.82. The maximum atomic E-state index is 14.6. The Morgan fingerprint density at radius 3 is 1.55 bits per heavy atom. The van der Waals surface area contributed by atoms with Crippen LogP contribution in [-0.2, 0) is 47.9 Å². The smallest absolute Gasteiger partial charge is 0.328 e. The number of hydrogen-bond acceptors (Lipinski definition) is 12. The molecule has 11 atom stereocenters. The number of aliphatic hydroxyl groups is 1. The van der Waals surface area contributed by atoms with Gasteiger partial charge in [0.05, 0.1) is 43.3 Å². The third kappa shape index (κ3) is 21.2. The van der Waals surface area contributed by atoms with Crippen molar-refractivity contribution in [2.45, 2.75) is 198 Å². The van der Waals surface area contributed by atoms with E-state index in [4.69, 9.17) is 10.5 Å². The summed E-state index contributed by atoms with van der Waals surface area (Å²) in [7, 11) is 5.74. The van der Waals surface area contributed by atoms with Crippen LogP contribution in [0.5, 0.6) is 0 Å². The molecule has 0 aromatic rings. The number of nitrogens with two attached hydrogens (primary N) is 1. The predicted octanol–water partition coefficient (Wildman–Crippen LogP) is 5.53. The number of aliphatic hydroxyl groups excluding tert-OH is 1. The lowest BCUT2D eigenvalue weighted by molar-refractivity contribution is -0.148. The topological polar surface area (TPSA) is 243 Å². The van der Waals surface area contributed by atoms with Crippen molar-refractivity contribution in [1.29, 1.82) is 0 Å². The number of methoxy groups -OCH3 is 1. The van der Waals surface area contributed by atoms with Gasteiger partial charge in [-0.2, -0.15) is 0 Å². The number of ketones is 3. The van der Waals surface area contributed by atoms with E-state index in [0.29, 0.717) is 12.8 Å². The molecule has 408 valence electrons. The first kappa shape index (κ1) is 66.5. The van der Waals surface area contributed by atoms with Gasteiger partial charge in [0.15, 0.2) is 17.3 Å². The number of esters is 1. The van der Waals surface area contributed by atoms with E-state index in [-0.39, 0.29) is 73.2 Å². The van der Waals surface area contributed by atoms with Crippen LogP contribution in [0.1, 0.15) is 155 Å². The summed E-state index contributed by atoms with van der Waals surface area (Å²) in [6.07, 6.45) is 3.08. The molecule has 0 spiro atoms. The number of likely N-dealkylation sites (N-methyl/N-ethyl adjacent to an activating group) is 3. The van der Waals surface area contributed by atoms with Crippen LogP contribution >= 0.6 is 0 Å². The Kier molecular flexibility index (Phi) is 29.8. The number of hydrogen-bond donors (Lipinski definition) is 4. The third-order valence-electron chi connectivity index (χ3n) is 13.4. The summed E-state index contributed by atoms with van der Waals surface area (Å²) in [6.45, 7) is 27.1. The van der Waals surface area contributed by atoms with Crippen LogP contribution in [0.25, 0.3) is 0 Å². The van der Waals surface area contributed by atoms with Crippen molar-refractivity contribution in [3.63, 3.8) is 0 Å². The second-order valence-corrected chi connectivity index (χ2v) is 21.9. The minimum atomic E-state index is -1.28. The third-order valence-corrected chi connectivity index (χ3v) is 13.4. The molecule has 0 aliphatic heterocycles. The number of Topliss-reactive ketones (excluding diaryl/α,β-unsaturated/α-hetero) is 3. The van der Waals surface area contributed by atoms with Crippen molar-refractivity contribution in [3.8, 4) is 0 Å². The molecule has 0 aliphatic carbocycles. The number of nitrogens with zero attached hydrogens (tertiary/aromatic N) is 3. The number of carbonyl (C=O) groups is 9. The van der Waals surface area contributed by atoms with E-state index >= 15 is 0 Å². The summed E-state index contributed by atoms with van der Waals surface area (Å²) in [5.41, 5.74) is 6.14. The molecule has 17 nitrogen and oxygen atoms in total. The van der Waals surface area contributed by atoms with Gasteiger partial charge in [-0.1, -0.05) is 102 Å². The van der Waals surface area contributed by atoms with Crippen LogP contribution in [0, 0.1) is 53.3 Å². The highest BCUT2D eigenvalue weighted by atomic mass is 16.5. The average molecular weight is 1010 g/mol. The second-order valence-electron chi connectivity index (χ2n) is 21.9. The van der Waals surface area contributed by atoms with Gasteiger partial charge < -0.3 is 40.9 Å². The molecule has 0 aromatic carbocycles. The minimum Gasteiger partial charge on any atom is -0.467 e. The Morgan fingerprint density at radius 2 is 1.11 bits per heavy atom. The summed E-state index contributed by atoms with van der Waals surface area (Å²) in [5, 5.41) is 16.9. The average Bonchev–Trinajstić information content (AvgIpc) is 3.29. The largest absolute Gasteiger partial charge is 0.467 e. The van der Waals surface area contributed by atoms with Gasteiger partial charge in [-0.05, 0) is 81.5 Å². The number of allylic oxidation sites excluding steroid dienone is 2. The Balaban J connectivity index is 6.60. The zero-order chi connectivity index (χ0) is 55.4. The SMILES string of the molecule is C/C=C/C[C@@H](C)[C@@H](O)[C@H](CC(=O)C(C(C)C)N(C)C(=O)[C@@H](CC(=O)[C@H](CC(C)C)N(C)C(=O)[C@@H](C)NC(=O)[C@H](C)CC(=O)[C@@H](CC(C)C)N(C)C(=O)[C@@H](N)C(C)C)CC(C)C)C(=O)N[C@@H](CC)C(=O)OC. The van der Waals surface area contributed by atoms with Crippen LogP contribution in [0.2, 0.25) is 0 Å². The number of nitrogens with one attached hydrogen (secondary N) is 2. The molecule has 0 bridgehead atoms. The zero-order valence-corrected chi connectivity index (χ0v) is 47.0. The van der Waals surface area contributed by atoms with Crippen LogP contribution in [0.4, 0.5) is 0 Å². The minimum absolute atomic E-state index is 0.0484. The number of rotatable bonds is 33. The Bertz CT molecular complexity index is 1800. The number of amides is 5. The number of ether oxygens (including phenoxy) is 1. The highest BCUT2D eigenvalue weighted by Gasteiger charge is 2.41. The number of carbonyl (C=O) groups excluding carboxylic acids is 9. The van der Waals surface area contributed by atoms with Gasteiger partial charge in [0, 0.05) is 52.2 Å². The molecule has 17 heteroatoms. The van der Waals surface area contributed by atoms with E-state index in [1.807, 2.05) is 74.5 Å². The molecule has 5 amide bonds. The maximum absolute atomic E-state index is 14.6. The molecule has 0 rings (SSSR count). The lowest BCUT2D eigenvalue weighted by Gasteiger charge is -2.36. The highest BCUT2D eigenvalue weighted by molar-refractivity contribution is 5.98. The van der Waals surface area contributed by atoms with E-state index in [2.05, 4.69) is 10.6 Å². The molecule has 0 radical (unpaired) electrons. The molecular formula is C54H96N6O11. The Labute approximate surface area is 426 Å². The van der Waals surface area contributed by atoms with Crippen molar-refractivity contribution in [3.05, 3.63) is 12.2 Å². The molecule has 1 unspecified atom stereocenters. The summed E-state index contributed by atoms with van der Waals surface area (Å²) in [4.78, 5) is 128. The highest BCUT2D eigenvalue weighted by Crippen LogP contribution is 2.28. The fraction of sp³-hybridized carbons (Fsp3) is 0.796. The van der Waals surface area contributed by atoms with E-state index in [1.54, 1.807) is 41.7 Å². The van der Waals surface area contributed by atoms with Gasteiger partial charge in [-0.25, -0.2) is 4.79 Å². The fourth-order valence-electron chi connectivity index (χ4n) is 9.01. The van der Waals surface area contributed by atoms with E-state index in [9.17, 15) is 48.3 Å². The maximum Gasteiger partial charge on any atom is 0.328 e. The lowest BCUT2D eigenvalue weighted by Crippen LogP contribution is -2.54. The van der Waals surface area contributed by atoms with Crippen LogP contribution < -0.4 is 16.4 Å². The van der Waals surface area contributed by atoms with Gasteiger partial charge in [0.25, 0.3) is 0 Å². The second kappa shape index (κ2) is 31.8. The van der Waals surface area contributed by atoms with E-state index in [0.717, 1.165) is 0 Å². The quantitative estimate of drug-likeness (QED) is 0.0469. The van der Waals surface area contributed by atoms with Gasteiger partial charge >= 0.3 is 5.97 Å². The van der Waals surface area contributed by atoms with E-state index < -0.39 is 114 Å². The molecule has 0 saturated carbocycles. The Hall–Kier alpha value is -4.51. The molecule has 5 N–H and O–H groups in total. The van der Waals surface area contributed by atoms with Crippen molar-refractivity contribution in [2.75, 3.05) is 28.3 Å². The van der Waals surface area contributed by atoms with Crippen LogP contribution in [0.15, 0.2) is 12.2 Å². The van der Waals surface area contributed by atoms with E-state index in [1.165, 1.54) is 42.8 Å². The van der Waals surface area contributed by atoms with Crippen molar-refractivity contribution in [2.24, 2.45) is 59.0 Å². The zero-order valence-electron chi connectivity index (χ0n) is 47.0. The Morgan fingerprint density at radius 1 is 0.620 bits per heavy atom. The van der Waals surface area contributed by atoms with Gasteiger partial charge in [-0.3, -0.25) is 38.4 Å². The fourth-order valence-corrected chi connectivity index (χ4v) is 9.01. The molecule has 0 aromatic heterocycles.